The Morgan fingerprint density at radius 2 is 1.82 bits per heavy atom. The topological polar surface area (TPSA) is 68.2 Å². The second-order valence-electron chi connectivity index (χ2n) is 7.64. The molecule has 0 aliphatic carbocycles. The normalized spacial score (nSPS) is 15.3. The standard InChI is InChI=1S/C27H23FN2O4/c1-33-23-13-11-21(12-14-23)25-17-24(20-7-3-2-4-8-20)29-30(25)26(31)18-34-27(32)15-10-19-6-5-9-22(28)16-19/h2-16,25H,17-18H2,1H3/b15-10+/t25-/m0/s1. The second kappa shape index (κ2) is 10.6. The van der Waals surface area contributed by atoms with E-state index >= 15 is 0 Å². The first-order valence-electron chi connectivity index (χ1n) is 10.7. The maximum absolute atomic E-state index is 13.3. The van der Waals surface area contributed by atoms with Crippen LogP contribution in [-0.2, 0) is 14.3 Å². The highest BCUT2D eigenvalue weighted by molar-refractivity contribution is 6.03. The summed E-state index contributed by atoms with van der Waals surface area (Å²) in [6.45, 7) is -0.468. The third-order valence-electron chi connectivity index (χ3n) is 5.37. The maximum atomic E-state index is 13.3. The van der Waals surface area contributed by atoms with E-state index < -0.39 is 24.3 Å². The Kier molecular flexibility index (Phi) is 7.13. The van der Waals surface area contributed by atoms with E-state index in [0.717, 1.165) is 22.9 Å². The molecule has 3 aromatic rings. The predicted octanol–water partition coefficient (Wildman–Crippen LogP) is 4.77. The summed E-state index contributed by atoms with van der Waals surface area (Å²) in [5.41, 5.74) is 3.10. The molecule has 0 saturated heterocycles. The summed E-state index contributed by atoms with van der Waals surface area (Å²) in [7, 11) is 1.59. The number of amides is 1. The van der Waals surface area contributed by atoms with E-state index in [-0.39, 0.29) is 6.04 Å². The van der Waals surface area contributed by atoms with Crippen molar-refractivity contribution in [1.29, 1.82) is 0 Å². The van der Waals surface area contributed by atoms with Gasteiger partial charge in [-0.3, -0.25) is 4.79 Å². The Labute approximate surface area is 196 Å². The summed E-state index contributed by atoms with van der Waals surface area (Å²) in [6, 6.07) is 22.5. The molecule has 1 aliphatic rings. The first-order valence-corrected chi connectivity index (χ1v) is 10.7. The van der Waals surface area contributed by atoms with Crippen LogP contribution in [0.1, 0.15) is 29.2 Å². The van der Waals surface area contributed by atoms with Gasteiger partial charge in [0.05, 0.1) is 18.9 Å². The highest BCUT2D eigenvalue weighted by Crippen LogP contribution is 2.33. The highest BCUT2D eigenvalue weighted by atomic mass is 19.1. The maximum Gasteiger partial charge on any atom is 0.331 e. The summed E-state index contributed by atoms with van der Waals surface area (Å²) in [5.74, 6) is -0.844. The molecule has 0 spiro atoms. The van der Waals surface area contributed by atoms with Gasteiger partial charge in [0.15, 0.2) is 6.61 Å². The Bertz CT molecular complexity index is 1220. The Morgan fingerprint density at radius 3 is 2.53 bits per heavy atom. The molecular formula is C27H23FN2O4. The number of carbonyl (C=O) groups is 2. The summed E-state index contributed by atoms with van der Waals surface area (Å²) in [6.07, 6.45) is 3.11. The van der Waals surface area contributed by atoms with Crippen molar-refractivity contribution in [2.45, 2.75) is 12.5 Å². The minimum Gasteiger partial charge on any atom is -0.497 e. The van der Waals surface area contributed by atoms with Crippen molar-refractivity contribution in [3.8, 4) is 5.75 Å². The Hall–Kier alpha value is -4.26. The molecule has 0 unspecified atom stereocenters. The largest absolute Gasteiger partial charge is 0.497 e. The molecular weight excluding hydrogens is 435 g/mol. The van der Waals surface area contributed by atoms with Crippen molar-refractivity contribution in [2.24, 2.45) is 5.10 Å². The van der Waals surface area contributed by atoms with Gasteiger partial charge in [-0.1, -0.05) is 54.6 Å². The molecule has 0 fully saturated rings. The van der Waals surface area contributed by atoms with Crippen LogP contribution in [0.3, 0.4) is 0 Å². The summed E-state index contributed by atoms with van der Waals surface area (Å²) in [4.78, 5) is 25.1. The average molecular weight is 458 g/mol. The third kappa shape index (κ3) is 5.56. The molecule has 1 heterocycles. The zero-order chi connectivity index (χ0) is 23.9. The molecule has 34 heavy (non-hydrogen) atoms. The molecule has 0 radical (unpaired) electrons. The van der Waals surface area contributed by atoms with E-state index in [0.29, 0.717) is 17.7 Å². The number of nitrogens with zero attached hydrogens (tertiary/aromatic N) is 2. The molecule has 0 saturated carbocycles. The fourth-order valence-corrected chi connectivity index (χ4v) is 3.65. The molecule has 1 aliphatic heterocycles. The van der Waals surface area contributed by atoms with Crippen LogP contribution in [0.15, 0.2) is 90.0 Å². The number of carbonyl (C=O) groups excluding carboxylic acids is 2. The van der Waals surface area contributed by atoms with Crippen LogP contribution in [0.25, 0.3) is 6.08 Å². The zero-order valence-corrected chi connectivity index (χ0v) is 18.6. The lowest BCUT2D eigenvalue weighted by atomic mass is 9.98. The van der Waals surface area contributed by atoms with Gasteiger partial charge in [-0.2, -0.15) is 5.10 Å². The zero-order valence-electron chi connectivity index (χ0n) is 18.6. The van der Waals surface area contributed by atoms with Gasteiger partial charge in [0.2, 0.25) is 0 Å². The Morgan fingerprint density at radius 1 is 1.06 bits per heavy atom. The molecule has 6 nitrogen and oxygen atoms in total. The number of rotatable bonds is 7. The number of hydrogen-bond acceptors (Lipinski definition) is 5. The van der Waals surface area contributed by atoms with E-state index in [1.165, 1.54) is 23.2 Å². The monoisotopic (exact) mass is 458 g/mol. The smallest absolute Gasteiger partial charge is 0.331 e. The second-order valence-corrected chi connectivity index (χ2v) is 7.64. The van der Waals surface area contributed by atoms with E-state index in [9.17, 15) is 14.0 Å². The predicted molar refractivity (Wildman–Crippen MR) is 127 cm³/mol. The lowest BCUT2D eigenvalue weighted by Crippen LogP contribution is -2.31. The lowest BCUT2D eigenvalue weighted by molar-refractivity contribution is -0.149. The van der Waals surface area contributed by atoms with Crippen LogP contribution in [0.2, 0.25) is 0 Å². The molecule has 7 heteroatoms. The molecule has 0 aromatic heterocycles. The van der Waals surface area contributed by atoms with E-state index in [1.54, 1.807) is 19.2 Å². The molecule has 1 atom stereocenters. The Balaban J connectivity index is 1.47. The van der Waals surface area contributed by atoms with Crippen molar-refractivity contribution in [2.75, 3.05) is 13.7 Å². The van der Waals surface area contributed by atoms with Crippen LogP contribution >= 0.6 is 0 Å². The SMILES string of the molecule is COc1ccc([C@@H]2CC(c3ccccc3)=NN2C(=O)COC(=O)/C=C/c2cccc(F)c2)cc1. The number of ether oxygens (including phenoxy) is 2. The summed E-state index contributed by atoms with van der Waals surface area (Å²) >= 11 is 0. The minimum atomic E-state index is -0.704. The summed E-state index contributed by atoms with van der Waals surface area (Å²) < 4.78 is 23.6. The quantitative estimate of drug-likeness (QED) is 0.378. The van der Waals surface area contributed by atoms with Crippen LogP contribution in [-0.4, -0.2) is 36.3 Å². The number of hydrazone groups is 1. The summed E-state index contributed by atoms with van der Waals surface area (Å²) in [5, 5.41) is 5.93. The van der Waals surface area contributed by atoms with Gasteiger partial charge in [-0.25, -0.2) is 14.2 Å². The van der Waals surface area contributed by atoms with Gasteiger partial charge < -0.3 is 9.47 Å². The van der Waals surface area contributed by atoms with E-state index in [2.05, 4.69) is 5.10 Å². The first kappa shape index (κ1) is 22.9. The third-order valence-corrected chi connectivity index (χ3v) is 5.37. The van der Waals surface area contributed by atoms with Gasteiger partial charge in [0.1, 0.15) is 11.6 Å². The highest BCUT2D eigenvalue weighted by Gasteiger charge is 2.33. The number of esters is 1. The number of hydrogen-bond donors (Lipinski definition) is 0. The molecule has 1 amide bonds. The van der Waals surface area contributed by atoms with E-state index in [4.69, 9.17) is 9.47 Å². The first-order chi connectivity index (χ1) is 16.5. The van der Waals surface area contributed by atoms with Crippen molar-refractivity contribution >= 4 is 23.7 Å². The van der Waals surface area contributed by atoms with Crippen LogP contribution < -0.4 is 4.74 Å². The molecule has 0 N–H and O–H groups in total. The molecule has 172 valence electrons. The van der Waals surface area contributed by atoms with Crippen molar-refractivity contribution in [3.63, 3.8) is 0 Å². The van der Waals surface area contributed by atoms with Crippen molar-refractivity contribution in [1.82, 2.24) is 5.01 Å². The van der Waals surface area contributed by atoms with Gasteiger partial charge in [-0.15, -0.1) is 0 Å². The average Bonchev–Trinajstić information content (AvgIpc) is 3.32. The fraction of sp³-hybridized carbons (Fsp3) is 0.148. The van der Waals surface area contributed by atoms with Gasteiger partial charge >= 0.3 is 5.97 Å². The van der Waals surface area contributed by atoms with Crippen LogP contribution in [0.5, 0.6) is 5.75 Å². The van der Waals surface area contributed by atoms with E-state index in [1.807, 2.05) is 54.6 Å². The van der Waals surface area contributed by atoms with Crippen LogP contribution in [0, 0.1) is 5.82 Å². The number of benzene rings is 3. The number of halogens is 1. The van der Waals surface area contributed by atoms with Gasteiger partial charge in [-0.05, 0) is 47.0 Å². The number of methoxy groups -OCH3 is 1. The minimum absolute atomic E-state index is 0.338. The fourth-order valence-electron chi connectivity index (χ4n) is 3.65. The molecule has 0 bridgehead atoms. The lowest BCUT2D eigenvalue weighted by Gasteiger charge is -2.22. The van der Waals surface area contributed by atoms with Crippen molar-refractivity contribution < 1.29 is 23.5 Å². The van der Waals surface area contributed by atoms with Gasteiger partial charge in [0, 0.05) is 12.5 Å². The molecule has 3 aromatic carbocycles. The van der Waals surface area contributed by atoms with Gasteiger partial charge in [0.25, 0.3) is 5.91 Å². The van der Waals surface area contributed by atoms with Crippen molar-refractivity contribution in [3.05, 3.63) is 107 Å². The van der Waals surface area contributed by atoms with Crippen LogP contribution in [0.4, 0.5) is 4.39 Å². The molecule has 4 rings (SSSR count).